The summed E-state index contributed by atoms with van der Waals surface area (Å²) in [6.07, 6.45) is 5.68. The van der Waals surface area contributed by atoms with Gasteiger partial charge in [0.25, 0.3) is 5.56 Å². The number of fused-ring (bicyclic) bond motifs is 1. The maximum Gasteiger partial charge on any atom is 0.253 e. The predicted molar refractivity (Wildman–Crippen MR) is 113 cm³/mol. The Bertz CT molecular complexity index is 1080. The molecule has 5 rings (SSSR count). The van der Waals surface area contributed by atoms with Crippen LogP contribution in [0.25, 0.3) is 10.9 Å². The molecule has 4 heterocycles. The summed E-state index contributed by atoms with van der Waals surface area (Å²) >= 11 is 0. The Morgan fingerprint density at radius 3 is 2.87 bits per heavy atom. The number of benzene rings is 1. The molecule has 3 aromatic rings. The fourth-order valence-corrected chi connectivity index (χ4v) is 4.73. The summed E-state index contributed by atoms with van der Waals surface area (Å²) in [5.74, 6) is 0.726. The van der Waals surface area contributed by atoms with Crippen molar-refractivity contribution in [3.05, 3.63) is 51.6 Å². The van der Waals surface area contributed by atoms with Gasteiger partial charge in [-0.2, -0.15) is 0 Å². The molecule has 2 atom stereocenters. The number of pyridine rings is 1. The van der Waals surface area contributed by atoms with Crippen molar-refractivity contribution in [3.8, 4) is 0 Å². The van der Waals surface area contributed by atoms with Crippen LogP contribution in [-0.2, 0) is 11.3 Å². The Morgan fingerprint density at radius 2 is 2.07 bits per heavy atom. The summed E-state index contributed by atoms with van der Waals surface area (Å²) in [6, 6.07) is 7.89. The first-order valence-corrected chi connectivity index (χ1v) is 10.9. The van der Waals surface area contributed by atoms with E-state index in [4.69, 9.17) is 4.74 Å². The van der Waals surface area contributed by atoms with Crippen molar-refractivity contribution in [2.45, 2.75) is 57.7 Å². The van der Waals surface area contributed by atoms with Gasteiger partial charge in [0.05, 0.1) is 12.6 Å². The third kappa shape index (κ3) is 3.77. The van der Waals surface area contributed by atoms with E-state index in [1.54, 1.807) is 0 Å². The van der Waals surface area contributed by atoms with E-state index >= 15 is 0 Å². The third-order valence-corrected chi connectivity index (χ3v) is 6.29. The maximum atomic E-state index is 13.2. The Morgan fingerprint density at radius 1 is 1.20 bits per heavy atom. The normalized spacial score (nSPS) is 21.3. The van der Waals surface area contributed by atoms with Crippen LogP contribution in [0.4, 0.5) is 0 Å². The van der Waals surface area contributed by atoms with Crippen LogP contribution in [0.15, 0.2) is 29.1 Å². The number of nitrogens with one attached hydrogen (secondary N) is 1. The molecule has 0 bridgehead atoms. The molecule has 30 heavy (non-hydrogen) atoms. The van der Waals surface area contributed by atoms with Gasteiger partial charge < -0.3 is 9.72 Å². The number of hydrogen-bond acceptors (Lipinski definition) is 6. The van der Waals surface area contributed by atoms with Crippen molar-refractivity contribution < 1.29 is 4.74 Å². The van der Waals surface area contributed by atoms with Gasteiger partial charge in [0.15, 0.2) is 5.82 Å². The largest absolute Gasteiger partial charge is 0.376 e. The van der Waals surface area contributed by atoms with Crippen molar-refractivity contribution in [2.75, 3.05) is 19.7 Å². The molecular formula is C22H28N6O2. The molecule has 0 aliphatic carbocycles. The lowest BCUT2D eigenvalue weighted by atomic mass is 10.00. The molecule has 2 fully saturated rings. The van der Waals surface area contributed by atoms with Gasteiger partial charge >= 0.3 is 0 Å². The number of hydrogen-bond donors (Lipinski definition) is 1. The molecule has 0 radical (unpaired) electrons. The molecular weight excluding hydrogens is 380 g/mol. The third-order valence-electron chi connectivity index (χ3n) is 6.29. The Labute approximate surface area is 175 Å². The molecule has 2 aliphatic rings. The summed E-state index contributed by atoms with van der Waals surface area (Å²) < 4.78 is 7.65. The standard InChI is InChI=1S/C22H28N6O2/c1-15-7-8-16-13-18(22(29)23-19(16)12-15)20(27-9-3-2-4-10-27)21-24-25-26-28(21)14-17-6-5-11-30-17/h7-8,12-13,17,20H,2-6,9-11,14H2,1H3,(H,23,29)/t17-,20-/m1/s1. The van der Waals surface area contributed by atoms with Gasteiger partial charge in [0.2, 0.25) is 0 Å². The second-order valence-corrected chi connectivity index (χ2v) is 8.50. The number of nitrogens with zero attached hydrogens (tertiary/aromatic N) is 5. The van der Waals surface area contributed by atoms with E-state index in [2.05, 4.69) is 37.5 Å². The number of aryl methyl sites for hydroxylation is 1. The average molecular weight is 409 g/mol. The number of piperidine rings is 1. The first kappa shape index (κ1) is 19.4. The highest BCUT2D eigenvalue weighted by atomic mass is 16.5. The fourth-order valence-electron chi connectivity index (χ4n) is 4.73. The van der Waals surface area contributed by atoms with Crippen LogP contribution < -0.4 is 5.56 Å². The lowest BCUT2D eigenvalue weighted by molar-refractivity contribution is 0.0902. The highest BCUT2D eigenvalue weighted by molar-refractivity contribution is 5.79. The fraction of sp³-hybridized carbons (Fsp3) is 0.545. The van der Waals surface area contributed by atoms with E-state index in [-0.39, 0.29) is 17.7 Å². The summed E-state index contributed by atoms with van der Waals surface area (Å²) in [7, 11) is 0. The minimum absolute atomic E-state index is 0.0738. The Balaban J connectivity index is 1.59. The van der Waals surface area contributed by atoms with Crippen molar-refractivity contribution >= 4 is 10.9 Å². The smallest absolute Gasteiger partial charge is 0.253 e. The average Bonchev–Trinajstić information content (AvgIpc) is 3.42. The molecule has 2 aliphatic heterocycles. The quantitative estimate of drug-likeness (QED) is 0.698. The minimum Gasteiger partial charge on any atom is -0.376 e. The number of ether oxygens (including phenoxy) is 1. The van der Waals surface area contributed by atoms with Crippen LogP contribution in [0.2, 0.25) is 0 Å². The van der Waals surface area contributed by atoms with Crippen molar-refractivity contribution in [2.24, 2.45) is 0 Å². The molecule has 1 aromatic carbocycles. The topological polar surface area (TPSA) is 88.9 Å². The van der Waals surface area contributed by atoms with Gasteiger partial charge in [-0.05, 0) is 79.2 Å². The lowest BCUT2D eigenvalue weighted by Crippen LogP contribution is -2.39. The van der Waals surface area contributed by atoms with Crippen LogP contribution in [0.5, 0.6) is 0 Å². The van der Waals surface area contributed by atoms with Crippen LogP contribution in [0.1, 0.15) is 55.1 Å². The van der Waals surface area contributed by atoms with Crippen LogP contribution in [-0.4, -0.2) is 55.9 Å². The molecule has 0 amide bonds. The van der Waals surface area contributed by atoms with E-state index in [0.717, 1.165) is 67.7 Å². The molecule has 0 spiro atoms. The van der Waals surface area contributed by atoms with Gasteiger partial charge in [-0.3, -0.25) is 9.69 Å². The van der Waals surface area contributed by atoms with E-state index in [0.29, 0.717) is 12.1 Å². The number of likely N-dealkylation sites (tertiary alicyclic amines) is 1. The summed E-state index contributed by atoms with van der Waals surface area (Å²) in [4.78, 5) is 18.6. The molecule has 8 heteroatoms. The zero-order valence-electron chi connectivity index (χ0n) is 17.4. The second kappa shape index (κ2) is 8.28. The van der Waals surface area contributed by atoms with E-state index in [9.17, 15) is 4.79 Å². The number of aromatic nitrogens is 5. The van der Waals surface area contributed by atoms with Crippen LogP contribution in [0, 0.1) is 6.92 Å². The molecule has 1 N–H and O–H groups in total. The van der Waals surface area contributed by atoms with Gasteiger partial charge in [-0.25, -0.2) is 4.68 Å². The zero-order valence-corrected chi connectivity index (χ0v) is 17.4. The maximum absolute atomic E-state index is 13.2. The van der Waals surface area contributed by atoms with E-state index in [1.807, 2.05) is 23.7 Å². The van der Waals surface area contributed by atoms with Crippen molar-refractivity contribution in [1.82, 2.24) is 30.1 Å². The SMILES string of the molecule is Cc1ccc2cc([C@H](c3nnnn3C[C@H]3CCCO3)N3CCCCC3)c(=O)[nH]c2c1. The predicted octanol–water partition coefficient (Wildman–Crippen LogP) is 2.58. The van der Waals surface area contributed by atoms with Crippen molar-refractivity contribution in [1.29, 1.82) is 0 Å². The molecule has 8 nitrogen and oxygen atoms in total. The Hall–Kier alpha value is -2.58. The molecule has 158 valence electrons. The van der Waals surface area contributed by atoms with Gasteiger partial charge in [-0.15, -0.1) is 5.10 Å². The van der Waals surface area contributed by atoms with E-state index < -0.39 is 0 Å². The minimum atomic E-state index is -0.267. The van der Waals surface area contributed by atoms with Crippen LogP contribution >= 0.6 is 0 Å². The molecule has 2 aromatic heterocycles. The number of tetrazole rings is 1. The van der Waals surface area contributed by atoms with Crippen molar-refractivity contribution in [3.63, 3.8) is 0 Å². The molecule has 0 unspecified atom stereocenters. The highest BCUT2D eigenvalue weighted by Crippen LogP contribution is 2.30. The first-order valence-electron chi connectivity index (χ1n) is 10.9. The highest BCUT2D eigenvalue weighted by Gasteiger charge is 2.32. The van der Waals surface area contributed by atoms with Gasteiger partial charge in [0.1, 0.15) is 6.04 Å². The van der Waals surface area contributed by atoms with E-state index in [1.165, 1.54) is 6.42 Å². The summed E-state index contributed by atoms with van der Waals surface area (Å²) in [5.41, 5.74) is 2.62. The summed E-state index contributed by atoms with van der Waals surface area (Å²) in [6.45, 7) is 5.31. The summed E-state index contributed by atoms with van der Waals surface area (Å²) in [5, 5.41) is 13.7. The molecule has 2 saturated heterocycles. The Kier molecular flexibility index (Phi) is 5.35. The van der Waals surface area contributed by atoms with Crippen LogP contribution in [0.3, 0.4) is 0 Å². The molecule has 0 saturated carbocycles. The zero-order chi connectivity index (χ0) is 20.5. The van der Waals surface area contributed by atoms with Gasteiger partial charge in [0, 0.05) is 17.7 Å². The number of H-pyrrole nitrogens is 1. The second-order valence-electron chi connectivity index (χ2n) is 8.50. The van der Waals surface area contributed by atoms with Gasteiger partial charge in [-0.1, -0.05) is 18.6 Å². The number of rotatable bonds is 5. The number of aromatic amines is 1. The lowest BCUT2D eigenvalue weighted by Gasteiger charge is -2.33. The first-order chi connectivity index (χ1) is 14.7. The monoisotopic (exact) mass is 408 g/mol.